The molecule has 0 aliphatic heterocycles. The average Bonchev–Trinajstić information content (AvgIpc) is 2.64. The highest BCUT2D eigenvalue weighted by Gasteiger charge is 2.31. The fourth-order valence-electron chi connectivity index (χ4n) is 2.84. The molecule has 1 aliphatic rings. The van der Waals surface area contributed by atoms with E-state index in [0.717, 1.165) is 30.1 Å². The molecular weight excluding hydrogens is 331 g/mol. The molecule has 0 amide bonds. The number of alkyl halides is 1. The summed E-state index contributed by atoms with van der Waals surface area (Å²) in [6.45, 7) is 4.15. The molecule has 3 rings (SSSR count). The molecule has 2 aromatic rings. The van der Waals surface area contributed by atoms with Gasteiger partial charge >= 0.3 is 0 Å². The van der Waals surface area contributed by atoms with Crippen molar-refractivity contribution in [2.24, 2.45) is 5.92 Å². The van der Waals surface area contributed by atoms with E-state index in [4.69, 9.17) is 11.6 Å². The van der Waals surface area contributed by atoms with Gasteiger partial charge in [-0.3, -0.25) is 0 Å². The van der Waals surface area contributed by atoms with Gasteiger partial charge in [0.15, 0.2) is 0 Å². The highest BCUT2D eigenvalue weighted by atomic mass is 79.9. The van der Waals surface area contributed by atoms with Gasteiger partial charge in [0, 0.05) is 12.1 Å². The number of benzene rings is 1. The summed E-state index contributed by atoms with van der Waals surface area (Å²) in [5, 5.41) is -0.176. The lowest BCUT2D eigenvalue weighted by Crippen LogP contribution is -2.26. The van der Waals surface area contributed by atoms with Crippen molar-refractivity contribution in [3.8, 4) is 0 Å². The maximum Gasteiger partial charge on any atom is 0.139 e. The zero-order valence-electron chi connectivity index (χ0n) is 10.8. The molecule has 1 unspecified atom stereocenters. The molecular formula is C14H15BrClFN2. The largest absolute Gasteiger partial charge is 0.324 e. The van der Waals surface area contributed by atoms with Crippen LogP contribution in [0.3, 0.4) is 0 Å². The Balaban J connectivity index is 2.20. The van der Waals surface area contributed by atoms with Crippen molar-refractivity contribution in [1.82, 2.24) is 9.55 Å². The number of aromatic nitrogens is 2. The van der Waals surface area contributed by atoms with Gasteiger partial charge in [0.05, 0.1) is 20.9 Å². The minimum absolute atomic E-state index is 0.176. The molecule has 1 aliphatic carbocycles. The van der Waals surface area contributed by atoms with E-state index in [1.165, 1.54) is 6.07 Å². The first-order valence-corrected chi connectivity index (χ1v) is 7.71. The second kappa shape index (κ2) is 4.74. The lowest BCUT2D eigenvalue weighted by Gasteiger charge is -2.35. The molecule has 1 heterocycles. The van der Waals surface area contributed by atoms with Crippen molar-refractivity contribution >= 4 is 38.6 Å². The average molecular weight is 346 g/mol. The van der Waals surface area contributed by atoms with Crippen LogP contribution in [0.15, 0.2) is 16.6 Å². The normalized spacial score (nSPS) is 24.5. The monoisotopic (exact) mass is 344 g/mol. The van der Waals surface area contributed by atoms with Crippen LogP contribution >= 0.6 is 27.5 Å². The molecule has 0 saturated heterocycles. The van der Waals surface area contributed by atoms with Crippen molar-refractivity contribution < 1.29 is 4.39 Å². The van der Waals surface area contributed by atoms with E-state index in [0.29, 0.717) is 16.0 Å². The Kier molecular flexibility index (Phi) is 3.34. The molecule has 1 fully saturated rings. The van der Waals surface area contributed by atoms with E-state index in [-0.39, 0.29) is 11.2 Å². The standard InChI is InChI=1S/C14H15BrClFN2/c1-7-3-9(4-7)19-13-5-10(15)11(17)6-12(13)18-14(19)8(2)16/h5-9H,3-4H2,1-2H3. The van der Waals surface area contributed by atoms with E-state index >= 15 is 0 Å². The van der Waals surface area contributed by atoms with Gasteiger partial charge in [-0.25, -0.2) is 9.37 Å². The summed E-state index contributed by atoms with van der Waals surface area (Å²) in [5.41, 5.74) is 1.65. The predicted octanol–water partition coefficient (Wildman–Crippen LogP) is 5.21. The van der Waals surface area contributed by atoms with Gasteiger partial charge < -0.3 is 4.57 Å². The molecule has 5 heteroatoms. The van der Waals surface area contributed by atoms with Crippen LogP contribution in [0.4, 0.5) is 4.39 Å². The van der Waals surface area contributed by atoms with Crippen LogP contribution in [0, 0.1) is 11.7 Å². The fraction of sp³-hybridized carbons (Fsp3) is 0.500. The van der Waals surface area contributed by atoms with Gasteiger partial charge in [-0.2, -0.15) is 0 Å². The molecule has 1 aromatic heterocycles. The minimum atomic E-state index is -0.284. The van der Waals surface area contributed by atoms with Gasteiger partial charge in [-0.1, -0.05) is 6.92 Å². The number of rotatable bonds is 2. The second-order valence-electron chi connectivity index (χ2n) is 5.44. The summed E-state index contributed by atoms with van der Waals surface area (Å²) in [7, 11) is 0. The number of nitrogens with zero attached hydrogens (tertiary/aromatic N) is 2. The maximum atomic E-state index is 13.6. The van der Waals surface area contributed by atoms with Crippen LogP contribution in [-0.4, -0.2) is 9.55 Å². The summed E-state index contributed by atoms with van der Waals surface area (Å²) < 4.78 is 16.3. The predicted molar refractivity (Wildman–Crippen MR) is 79.1 cm³/mol. The summed E-state index contributed by atoms with van der Waals surface area (Å²) in [4.78, 5) is 4.51. The van der Waals surface area contributed by atoms with Crippen LogP contribution in [-0.2, 0) is 0 Å². The number of halogens is 3. The van der Waals surface area contributed by atoms with Gasteiger partial charge in [-0.15, -0.1) is 11.6 Å². The molecule has 102 valence electrons. The van der Waals surface area contributed by atoms with Gasteiger partial charge in [0.25, 0.3) is 0 Å². The first kappa shape index (κ1) is 13.4. The highest BCUT2D eigenvalue weighted by Crippen LogP contribution is 2.42. The van der Waals surface area contributed by atoms with Gasteiger partial charge in [-0.05, 0) is 47.7 Å². The van der Waals surface area contributed by atoms with Crippen molar-refractivity contribution in [2.45, 2.75) is 38.1 Å². The van der Waals surface area contributed by atoms with E-state index in [9.17, 15) is 4.39 Å². The maximum absolute atomic E-state index is 13.6. The zero-order valence-corrected chi connectivity index (χ0v) is 13.2. The molecule has 0 spiro atoms. The Morgan fingerprint density at radius 3 is 2.74 bits per heavy atom. The first-order valence-electron chi connectivity index (χ1n) is 6.48. The molecule has 1 saturated carbocycles. The van der Waals surface area contributed by atoms with Crippen molar-refractivity contribution in [2.75, 3.05) is 0 Å². The summed E-state index contributed by atoms with van der Waals surface area (Å²) in [6, 6.07) is 3.72. The smallest absolute Gasteiger partial charge is 0.139 e. The summed E-state index contributed by atoms with van der Waals surface area (Å²) >= 11 is 9.48. The fourth-order valence-corrected chi connectivity index (χ4v) is 3.33. The third-order valence-corrected chi connectivity index (χ3v) is 4.63. The Labute approximate surface area is 125 Å². The van der Waals surface area contributed by atoms with Crippen molar-refractivity contribution in [1.29, 1.82) is 0 Å². The SMILES string of the molecule is CC1CC(n2c(C(C)Cl)nc3cc(F)c(Br)cc32)C1. The summed E-state index contributed by atoms with van der Waals surface area (Å²) in [6.07, 6.45) is 2.27. The van der Waals surface area contributed by atoms with E-state index in [2.05, 4.69) is 32.4 Å². The molecule has 0 N–H and O–H groups in total. The topological polar surface area (TPSA) is 17.8 Å². The van der Waals surface area contributed by atoms with Gasteiger partial charge in [0.2, 0.25) is 0 Å². The van der Waals surface area contributed by atoms with E-state index in [1.54, 1.807) is 0 Å². The van der Waals surface area contributed by atoms with Gasteiger partial charge in [0.1, 0.15) is 11.6 Å². The van der Waals surface area contributed by atoms with Crippen LogP contribution in [0.25, 0.3) is 11.0 Å². The first-order chi connectivity index (χ1) is 8.97. The Morgan fingerprint density at radius 1 is 1.47 bits per heavy atom. The lowest BCUT2D eigenvalue weighted by atomic mass is 9.81. The Hall–Kier alpha value is -0.610. The molecule has 1 aromatic carbocycles. The number of hydrogen-bond donors (Lipinski definition) is 0. The molecule has 19 heavy (non-hydrogen) atoms. The number of imidazole rings is 1. The molecule has 0 radical (unpaired) electrons. The number of hydrogen-bond acceptors (Lipinski definition) is 1. The number of fused-ring (bicyclic) bond motifs is 1. The van der Waals surface area contributed by atoms with E-state index < -0.39 is 0 Å². The second-order valence-corrected chi connectivity index (χ2v) is 6.95. The molecule has 1 atom stereocenters. The molecule has 0 bridgehead atoms. The highest BCUT2D eigenvalue weighted by molar-refractivity contribution is 9.10. The third-order valence-electron chi connectivity index (χ3n) is 3.83. The third kappa shape index (κ3) is 2.19. The van der Waals surface area contributed by atoms with Crippen LogP contribution in [0.5, 0.6) is 0 Å². The lowest BCUT2D eigenvalue weighted by molar-refractivity contribution is 0.216. The Morgan fingerprint density at radius 2 is 2.16 bits per heavy atom. The van der Waals surface area contributed by atoms with E-state index in [1.807, 2.05) is 13.0 Å². The Bertz CT molecular complexity index is 632. The van der Waals surface area contributed by atoms with Crippen LogP contribution in [0.1, 0.15) is 43.9 Å². The quantitative estimate of drug-likeness (QED) is 0.683. The van der Waals surface area contributed by atoms with Crippen LogP contribution < -0.4 is 0 Å². The molecule has 2 nitrogen and oxygen atoms in total. The minimum Gasteiger partial charge on any atom is -0.324 e. The van der Waals surface area contributed by atoms with Crippen molar-refractivity contribution in [3.63, 3.8) is 0 Å². The zero-order chi connectivity index (χ0) is 13.7. The van der Waals surface area contributed by atoms with Crippen LogP contribution in [0.2, 0.25) is 0 Å². The summed E-state index contributed by atoms with van der Waals surface area (Å²) in [5.74, 6) is 1.30. The van der Waals surface area contributed by atoms with Crippen molar-refractivity contribution in [3.05, 3.63) is 28.2 Å².